The van der Waals surface area contributed by atoms with Crippen molar-refractivity contribution in [3.05, 3.63) is 35.9 Å². The van der Waals surface area contributed by atoms with E-state index in [1.165, 1.54) is 0 Å². The maximum absolute atomic E-state index is 12.8. The van der Waals surface area contributed by atoms with Gasteiger partial charge in [-0.15, -0.1) is 0 Å². The smallest absolute Gasteiger partial charge is 0.326 e. The molecule has 1 rings (SSSR count). The van der Waals surface area contributed by atoms with E-state index in [9.17, 15) is 33.6 Å². The van der Waals surface area contributed by atoms with E-state index < -0.39 is 91.4 Å². The minimum absolute atomic E-state index is 0.0874. The Morgan fingerprint density at radius 3 is 1.68 bits per heavy atom. The van der Waals surface area contributed by atoms with Gasteiger partial charge in [0.1, 0.15) is 18.1 Å². The zero-order valence-corrected chi connectivity index (χ0v) is 19.5. The molecule has 202 valence electrons. The minimum Gasteiger partial charge on any atom is -0.481 e. The maximum atomic E-state index is 12.8. The number of carboxylic acids is 4. The van der Waals surface area contributed by atoms with Crippen LogP contribution in [0.4, 0.5) is 0 Å². The Balaban J connectivity index is 3.01. The van der Waals surface area contributed by atoms with Gasteiger partial charge in [0.05, 0.1) is 18.9 Å². The van der Waals surface area contributed by atoms with Crippen LogP contribution in [0.3, 0.4) is 0 Å². The maximum Gasteiger partial charge on any atom is 0.326 e. The van der Waals surface area contributed by atoms with Crippen LogP contribution in [-0.4, -0.2) is 86.2 Å². The summed E-state index contributed by atoms with van der Waals surface area (Å²) in [7, 11) is 0. The van der Waals surface area contributed by atoms with E-state index in [-0.39, 0.29) is 6.42 Å². The summed E-state index contributed by atoms with van der Waals surface area (Å²) in [6, 6.07) is 2.17. The number of nitrogens with two attached hydrogens (primary N) is 1. The van der Waals surface area contributed by atoms with Crippen molar-refractivity contribution >= 4 is 41.6 Å². The number of carboxylic acid groups (broad SMARTS) is 4. The molecule has 0 aliphatic carbocycles. The van der Waals surface area contributed by atoms with Crippen LogP contribution < -0.4 is 21.7 Å². The summed E-state index contributed by atoms with van der Waals surface area (Å²) < 4.78 is 0. The van der Waals surface area contributed by atoms with Crippen molar-refractivity contribution in [2.24, 2.45) is 5.73 Å². The van der Waals surface area contributed by atoms with Gasteiger partial charge >= 0.3 is 23.9 Å². The first-order chi connectivity index (χ1) is 17.3. The van der Waals surface area contributed by atoms with Gasteiger partial charge in [-0.3, -0.25) is 28.8 Å². The summed E-state index contributed by atoms with van der Waals surface area (Å²) in [6.45, 7) is 0. The molecule has 0 saturated carbocycles. The minimum atomic E-state index is -1.92. The fraction of sp³-hybridized carbons (Fsp3) is 0.409. The van der Waals surface area contributed by atoms with E-state index in [0.29, 0.717) is 5.56 Å². The van der Waals surface area contributed by atoms with Crippen molar-refractivity contribution in [2.75, 3.05) is 0 Å². The lowest BCUT2D eigenvalue weighted by Gasteiger charge is -2.24. The van der Waals surface area contributed by atoms with Gasteiger partial charge in [-0.1, -0.05) is 30.3 Å². The predicted octanol–water partition coefficient (Wildman–Crippen LogP) is -2.09. The van der Waals surface area contributed by atoms with E-state index in [1.807, 2.05) is 10.6 Å². The number of amides is 3. The van der Waals surface area contributed by atoms with Crippen molar-refractivity contribution in [1.29, 1.82) is 0 Å². The standard InChI is InChI=1S/C22H28N4O11/c23-12(8-11-4-2-1-3-5-11)19(33)24-13(6-7-16(27)28)20(34)25-14(9-17(29)30)21(35)26-15(22(36)37)10-18(31)32/h1-5,12-15H,6-10,23H2,(H,24,33)(H,25,34)(H,26,35)(H,27,28)(H,29,30)(H,31,32)(H,36,37). The molecule has 0 aliphatic heterocycles. The molecule has 0 aromatic heterocycles. The fourth-order valence-electron chi connectivity index (χ4n) is 3.08. The molecule has 37 heavy (non-hydrogen) atoms. The second-order valence-corrected chi connectivity index (χ2v) is 7.95. The highest BCUT2D eigenvalue weighted by molar-refractivity contribution is 5.96. The number of aliphatic carboxylic acids is 4. The normalized spacial score (nSPS) is 13.8. The average molecular weight is 524 g/mol. The molecule has 0 heterocycles. The van der Waals surface area contributed by atoms with Crippen LogP contribution in [0.15, 0.2) is 30.3 Å². The number of carbonyl (C=O) groups excluding carboxylic acids is 3. The van der Waals surface area contributed by atoms with Gasteiger partial charge in [-0.25, -0.2) is 4.79 Å². The van der Waals surface area contributed by atoms with E-state index in [4.69, 9.17) is 26.2 Å². The van der Waals surface area contributed by atoms with E-state index in [0.717, 1.165) is 0 Å². The van der Waals surface area contributed by atoms with Crippen LogP contribution in [-0.2, 0) is 40.0 Å². The molecule has 4 atom stereocenters. The lowest BCUT2D eigenvalue weighted by molar-refractivity contribution is -0.148. The second-order valence-electron chi connectivity index (χ2n) is 7.95. The first-order valence-electron chi connectivity index (χ1n) is 10.9. The largest absolute Gasteiger partial charge is 0.481 e. The van der Waals surface area contributed by atoms with Gasteiger partial charge in [0, 0.05) is 6.42 Å². The third kappa shape index (κ3) is 11.6. The Kier molecular flexibility index (Phi) is 12.2. The molecule has 0 spiro atoms. The molecule has 3 amide bonds. The topological polar surface area (TPSA) is 263 Å². The van der Waals surface area contributed by atoms with Gasteiger partial charge in [-0.2, -0.15) is 0 Å². The van der Waals surface area contributed by atoms with Crippen LogP contribution in [0.2, 0.25) is 0 Å². The summed E-state index contributed by atoms with van der Waals surface area (Å²) in [5.74, 6) is -9.41. The molecular formula is C22H28N4O11. The molecule has 9 N–H and O–H groups in total. The zero-order valence-electron chi connectivity index (χ0n) is 19.5. The Labute approximate surface area is 210 Å². The van der Waals surface area contributed by atoms with Crippen molar-refractivity contribution in [2.45, 2.75) is 56.3 Å². The molecule has 0 fully saturated rings. The molecular weight excluding hydrogens is 496 g/mol. The Morgan fingerprint density at radius 1 is 0.676 bits per heavy atom. The molecule has 15 heteroatoms. The van der Waals surface area contributed by atoms with Crippen molar-refractivity contribution in [3.8, 4) is 0 Å². The molecule has 15 nitrogen and oxygen atoms in total. The van der Waals surface area contributed by atoms with Gasteiger partial charge in [-0.05, 0) is 18.4 Å². The lowest BCUT2D eigenvalue weighted by atomic mass is 10.0. The van der Waals surface area contributed by atoms with Gasteiger partial charge in [0.25, 0.3) is 0 Å². The number of carbonyl (C=O) groups is 7. The molecule has 1 aromatic carbocycles. The second kappa shape index (κ2) is 14.8. The summed E-state index contributed by atoms with van der Waals surface area (Å²) >= 11 is 0. The van der Waals surface area contributed by atoms with Gasteiger partial charge in [0.2, 0.25) is 17.7 Å². The summed E-state index contributed by atoms with van der Waals surface area (Å²) in [6.07, 6.45) is -2.98. The Hall–Kier alpha value is -4.53. The van der Waals surface area contributed by atoms with Crippen LogP contribution in [0.25, 0.3) is 0 Å². The predicted molar refractivity (Wildman–Crippen MR) is 123 cm³/mol. The fourth-order valence-corrected chi connectivity index (χ4v) is 3.08. The third-order valence-corrected chi connectivity index (χ3v) is 4.92. The van der Waals surface area contributed by atoms with Crippen LogP contribution in [0, 0.1) is 0 Å². The quantitative estimate of drug-likeness (QED) is 0.116. The van der Waals surface area contributed by atoms with Gasteiger partial charge in [0.15, 0.2) is 0 Å². The third-order valence-electron chi connectivity index (χ3n) is 4.92. The highest BCUT2D eigenvalue weighted by Crippen LogP contribution is 2.06. The molecule has 1 aromatic rings. The molecule has 0 bridgehead atoms. The van der Waals surface area contributed by atoms with E-state index in [1.54, 1.807) is 30.3 Å². The van der Waals surface area contributed by atoms with Crippen LogP contribution in [0.1, 0.15) is 31.2 Å². The first-order valence-corrected chi connectivity index (χ1v) is 10.9. The highest BCUT2D eigenvalue weighted by Gasteiger charge is 2.32. The molecule has 0 aliphatic rings. The molecule has 0 saturated heterocycles. The van der Waals surface area contributed by atoms with Gasteiger partial charge < -0.3 is 42.1 Å². The number of rotatable bonds is 16. The number of benzene rings is 1. The van der Waals surface area contributed by atoms with Crippen molar-refractivity contribution < 1.29 is 54.0 Å². The van der Waals surface area contributed by atoms with E-state index >= 15 is 0 Å². The number of hydrogen-bond acceptors (Lipinski definition) is 8. The SMILES string of the molecule is NC(Cc1ccccc1)C(=O)NC(CCC(=O)O)C(=O)NC(CC(=O)O)C(=O)NC(CC(=O)O)C(=O)O. The summed E-state index contributed by atoms with van der Waals surface area (Å²) in [5, 5.41) is 42.1. The molecule has 4 unspecified atom stereocenters. The average Bonchev–Trinajstić information content (AvgIpc) is 2.80. The van der Waals surface area contributed by atoms with Crippen molar-refractivity contribution in [3.63, 3.8) is 0 Å². The molecule has 0 radical (unpaired) electrons. The summed E-state index contributed by atoms with van der Waals surface area (Å²) in [5.41, 5.74) is 6.60. The van der Waals surface area contributed by atoms with Crippen molar-refractivity contribution in [1.82, 2.24) is 16.0 Å². The van der Waals surface area contributed by atoms with Crippen LogP contribution >= 0.6 is 0 Å². The Morgan fingerprint density at radius 2 is 1.16 bits per heavy atom. The Bertz CT molecular complexity index is 1020. The summed E-state index contributed by atoms with van der Waals surface area (Å²) in [4.78, 5) is 82.2. The first kappa shape index (κ1) is 30.5. The number of hydrogen-bond donors (Lipinski definition) is 8. The van der Waals surface area contributed by atoms with E-state index in [2.05, 4.69) is 5.32 Å². The number of nitrogens with one attached hydrogen (secondary N) is 3. The zero-order chi connectivity index (χ0) is 28.1. The highest BCUT2D eigenvalue weighted by atomic mass is 16.4. The van der Waals surface area contributed by atoms with Crippen LogP contribution in [0.5, 0.6) is 0 Å². The monoisotopic (exact) mass is 524 g/mol. The lowest BCUT2D eigenvalue weighted by Crippen LogP contribution is -2.57.